The maximum Gasteiger partial charge on any atom is 0.0577 e. The molecule has 0 radical (unpaired) electrons. The maximum atomic E-state index is 4.21. The summed E-state index contributed by atoms with van der Waals surface area (Å²) >= 11 is 4.21. The molecule has 1 N–H and O–H groups in total. The quantitative estimate of drug-likeness (QED) is 0.535. The van der Waals surface area contributed by atoms with Crippen LogP contribution in [-0.2, 0) is 5.75 Å². The van der Waals surface area contributed by atoms with Gasteiger partial charge in [-0.25, -0.2) is 0 Å². The largest absolute Gasteiger partial charge is 0.309 e. The highest BCUT2D eigenvalue weighted by Gasteiger charge is 1.89. The predicted octanol–water partition coefficient (Wildman–Crippen LogP) is 1.69. The van der Waals surface area contributed by atoms with Crippen LogP contribution in [0.1, 0.15) is 11.1 Å². The van der Waals surface area contributed by atoms with Gasteiger partial charge in [0.25, 0.3) is 0 Å². The predicted molar refractivity (Wildman–Crippen MR) is 59.9 cm³/mol. The molecule has 0 saturated carbocycles. The van der Waals surface area contributed by atoms with Crippen LogP contribution in [0.2, 0.25) is 0 Å². The van der Waals surface area contributed by atoms with Gasteiger partial charge in [-0.15, -0.1) is 0 Å². The summed E-state index contributed by atoms with van der Waals surface area (Å²) in [5.74, 6) is 6.86. The highest BCUT2D eigenvalue weighted by atomic mass is 32.1. The van der Waals surface area contributed by atoms with Crippen molar-refractivity contribution in [3.63, 3.8) is 0 Å². The fourth-order valence-electron chi connectivity index (χ4n) is 0.982. The average molecular weight is 191 g/mol. The van der Waals surface area contributed by atoms with Crippen LogP contribution in [0.25, 0.3) is 0 Å². The molecule has 0 fully saturated rings. The van der Waals surface area contributed by atoms with Gasteiger partial charge >= 0.3 is 0 Å². The fourth-order valence-corrected chi connectivity index (χ4v) is 1.18. The summed E-state index contributed by atoms with van der Waals surface area (Å²) in [6.45, 7) is 0.727. The molecule has 2 heteroatoms. The zero-order valence-electron chi connectivity index (χ0n) is 7.67. The summed E-state index contributed by atoms with van der Waals surface area (Å²) in [4.78, 5) is 0. The lowest BCUT2D eigenvalue weighted by atomic mass is 10.1. The monoisotopic (exact) mass is 191 g/mol. The zero-order valence-corrected chi connectivity index (χ0v) is 8.57. The lowest BCUT2D eigenvalue weighted by molar-refractivity contribution is 0.938. The van der Waals surface area contributed by atoms with Gasteiger partial charge in [-0.2, -0.15) is 12.6 Å². The number of rotatable bonds is 2. The van der Waals surface area contributed by atoms with Crippen LogP contribution >= 0.6 is 12.6 Å². The highest BCUT2D eigenvalue weighted by Crippen LogP contribution is 2.05. The minimum absolute atomic E-state index is 0.727. The Morgan fingerprint density at radius 2 is 2.31 bits per heavy atom. The van der Waals surface area contributed by atoms with E-state index in [1.165, 1.54) is 5.56 Å². The van der Waals surface area contributed by atoms with Crippen molar-refractivity contribution < 1.29 is 0 Å². The van der Waals surface area contributed by atoms with Gasteiger partial charge in [0.15, 0.2) is 0 Å². The van der Waals surface area contributed by atoms with Crippen molar-refractivity contribution in [2.75, 3.05) is 13.6 Å². The Balaban J connectivity index is 2.73. The Morgan fingerprint density at radius 1 is 1.46 bits per heavy atom. The smallest absolute Gasteiger partial charge is 0.0577 e. The van der Waals surface area contributed by atoms with Crippen LogP contribution in [0.4, 0.5) is 0 Å². The molecule has 1 aromatic carbocycles. The summed E-state index contributed by atoms with van der Waals surface area (Å²) in [6.07, 6.45) is 0. The van der Waals surface area contributed by atoms with Crippen LogP contribution in [0.5, 0.6) is 0 Å². The van der Waals surface area contributed by atoms with Crippen molar-refractivity contribution in [2.24, 2.45) is 0 Å². The molecule has 0 aliphatic carbocycles. The van der Waals surface area contributed by atoms with Crippen molar-refractivity contribution in [3.05, 3.63) is 35.4 Å². The van der Waals surface area contributed by atoms with Crippen molar-refractivity contribution in [2.45, 2.75) is 5.75 Å². The standard InChI is InChI=1S/C11H13NS/c1-12-7-3-6-10-4-2-5-11(8-10)9-13/h2,4-5,8,12-13H,7,9H2,1H3. The third-order valence-electron chi connectivity index (χ3n) is 1.61. The number of thiol groups is 1. The second-order valence-corrected chi connectivity index (χ2v) is 3.01. The Bertz CT molecular complexity index is 322. The van der Waals surface area contributed by atoms with Gasteiger partial charge < -0.3 is 5.32 Å². The molecule has 13 heavy (non-hydrogen) atoms. The minimum atomic E-state index is 0.727. The molecule has 1 rings (SSSR count). The summed E-state index contributed by atoms with van der Waals surface area (Å²) in [7, 11) is 1.89. The Morgan fingerprint density at radius 3 is 3.00 bits per heavy atom. The molecule has 0 heterocycles. The van der Waals surface area contributed by atoms with E-state index in [0.717, 1.165) is 17.9 Å². The van der Waals surface area contributed by atoms with E-state index in [4.69, 9.17) is 0 Å². The number of hydrogen-bond acceptors (Lipinski definition) is 2. The second-order valence-electron chi connectivity index (χ2n) is 2.69. The number of nitrogens with one attached hydrogen (secondary N) is 1. The molecule has 0 spiro atoms. The van der Waals surface area contributed by atoms with Crippen molar-refractivity contribution in [1.29, 1.82) is 0 Å². The Labute approximate surface area is 85.0 Å². The third kappa shape index (κ3) is 3.54. The van der Waals surface area contributed by atoms with Gasteiger partial charge in [-0.05, 0) is 24.7 Å². The summed E-state index contributed by atoms with van der Waals surface area (Å²) < 4.78 is 0. The molecule has 0 aliphatic heterocycles. The minimum Gasteiger partial charge on any atom is -0.309 e. The lowest BCUT2D eigenvalue weighted by Crippen LogP contribution is -2.04. The molecular formula is C11H13NS. The van der Waals surface area contributed by atoms with Gasteiger partial charge in [-0.1, -0.05) is 24.0 Å². The third-order valence-corrected chi connectivity index (χ3v) is 1.97. The topological polar surface area (TPSA) is 12.0 Å². The molecule has 0 saturated heterocycles. The molecule has 0 bridgehead atoms. The first-order valence-electron chi connectivity index (χ1n) is 4.20. The molecular weight excluding hydrogens is 178 g/mol. The van der Waals surface area contributed by atoms with Crippen molar-refractivity contribution in [3.8, 4) is 11.8 Å². The molecule has 0 atom stereocenters. The van der Waals surface area contributed by atoms with Gasteiger partial charge in [0, 0.05) is 11.3 Å². The van der Waals surface area contributed by atoms with Crippen LogP contribution in [-0.4, -0.2) is 13.6 Å². The summed E-state index contributed by atoms with van der Waals surface area (Å²) in [5, 5.41) is 2.98. The Hall–Kier alpha value is -0.910. The van der Waals surface area contributed by atoms with Crippen LogP contribution < -0.4 is 5.32 Å². The fraction of sp³-hybridized carbons (Fsp3) is 0.273. The second kappa shape index (κ2) is 5.69. The van der Waals surface area contributed by atoms with Gasteiger partial charge in [0.2, 0.25) is 0 Å². The van der Waals surface area contributed by atoms with E-state index in [1.807, 2.05) is 19.2 Å². The SMILES string of the molecule is CNCC#Cc1cccc(CS)c1. The van der Waals surface area contributed by atoms with E-state index in [-0.39, 0.29) is 0 Å². The van der Waals surface area contributed by atoms with Crippen LogP contribution in [0.15, 0.2) is 24.3 Å². The summed E-state index contributed by atoms with van der Waals surface area (Å²) in [5.41, 5.74) is 2.27. The van der Waals surface area contributed by atoms with E-state index >= 15 is 0 Å². The van der Waals surface area contributed by atoms with E-state index in [0.29, 0.717) is 0 Å². The van der Waals surface area contributed by atoms with E-state index in [1.54, 1.807) is 0 Å². The molecule has 1 aromatic rings. The summed E-state index contributed by atoms with van der Waals surface area (Å²) in [6, 6.07) is 8.14. The van der Waals surface area contributed by atoms with Crippen molar-refractivity contribution >= 4 is 12.6 Å². The van der Waals surface area contributed by atoms with Gasteiger partial charge in [-0.3, -0.25) is 0 Å². The van der Waals surface area contributed by atoms with Crippen LogP contribution in [0.3, 0.4) is 0 Å². The van der Waals surface area contributed by atoms with Gasteiger partial charge in [0.05, 0.1) is 6.54 Å². The first-order valence-corrected chi connectivity index (χ1v) is 4.83. The molecule has 0 aromatic heterocycles. The average Bonchev–Trinajstić information content (AvgIpc) is 2.19. The van der Waals surface area contributed by atoms with Crippen molar-refractivity contribution in [1.82, 2.24) is 5.32 Å². The Kier molecular flexibility index (Phi) is 4.45. The molecule has 68 valence electrons. The van der Waals surface area contributed by atoms with E-state index in [9.17, 15) is 0 Å². The van der Waals surface area contributed by atoms with Crippen LogP contribution in [0, 0.1) is 11.8 Å². The highest BCUT2D eigenvalue weighted by molar-refractivity contribution is 7.79. The van der Waals surface area contributed by atoms with E-state index < -0.39 is 0 Å². The normalized spacial score (nSPS) is 9.08. The molecule has 0 amide bonds. The first kappa shape index (κ1) is 10.2. The number of benzene rings is 1. The molecule has 0 unspecified atom stereocenters. The van der Waals surface area contributed by atoms with E-state index in [2.05, 4.69) is 41.9 Å². The number of hydrogen-bond donors (Lipinski definition) is 2. The van der Waals surface area contributed by atoms with Gasteiger partial charge in [0.1, 0.15) is 0 Å². The first-order chi connectivity index (χ1) is 6.36. The zero-order chi connectivity index (χ0) is 9.52. The maximum absolute atomic E-state index is 4.21. The lowest BCUT2D eigenvalue weighted by Gasteiger charge is -1.95. The molecule has 1 nitrogen and oxygen atoms in total. The molecule has 0 aliphatic rings.